The molecule has 15 atom stereocenters. The van der Waals surface area contributed by atoms with E-state index in [0.717, 1.165) is 24.5 Å². The third-order valence-electron chi connectivity index (χ3n) is 23.9. The molecule has 135 heavy (non-hydrogen) atoms. The van der Waals surface area contributed by atoms with Crippen LogP contribution in [0, 0.1) is 0 Å². The first-order chi connectivity index (χ1) is 64.3. The minimum Gasteiger partial charge on any atom is -0.508 e. The molecule has 18 amide bonds. The van der Waals surface area contributed by atoms with Gasteiger partial charge in [0.15, 0.2) is 0 Å². The maximum atomic E-state index is 15.8. The smallest absolute Gasteiger partial charge is 0.303 e. The molecule has 6 aromatic rings. The first-order valence-electron chi connectivity index (χ1n) is 44.5. The molecule has 45 nitrogen and oxygen atoms in total. The first kappa shape index (κ1) is 105. The van der Waals surface area contributed by atoms with E-state index in [9.17, 15) is 78.0 Å². The zero-order valence-corrected chi connectivity index (χ0v) is 76.6. The highest BCUT2D eigenvalue weighted by molar-refractivity contribution is 8.00. The lowest BCUT2D eigenvalue weighted by molar-refractivity contribution is -0.149. The number of hydrogen-bond acceptors (Lipinski definition) is 24. The van der Waals surface area contributed by atoms with Gasteiger partial charge < -0.3 is 130 Å². The molecule has 46 heteroatoms. The van der Waals surface area contributed by atoms with E-state index in [0.29, 0.717) is 63.1 Å². The van der Waals surface area contributed by atoms with Gasteiger partial charge in [0.2, 0.25) is 106 Å². The van der Waals surface area contributed by atoms with Gasteiger partial charge in [0, 0.05) is 126 Å². The summed E-state index contributed by atoms with van der Waals surface area (Å²) in [6.07, 6.45) is -0.0704. The number of carbonyl (C=O) groups is 19. The number of phenolic OH excluding ortho intramolecular Hbond substituents is 1. The van der Waals surface area contributed by atoms with Crippen molar-refractivity contribution in [3.05, 3.63) is 120 Å². The lowest BCUT2D eigenvalue weighted by Gasteiger charge is -2.36. The van der Waals surface area contributed by atoms with Crippen LogP contribution in [0.5, 0.6) is 5.75 Å². The van der Waals surface area contributed by atoms with Crippen LogP contribution < -0.4 is 70.4 Å². The first-order valence-corrected chi connectivity index (χ1v) is 45.7. The molecule has 3 aromatic carbocycles. The van der Waals surface area contributed by atoms with E-state index in [2.05, 4.69) is 73.1 Å². The number of primary amides is 3. The summed E-state index contributed by atoms with van der Waals surface area (Å²) in [5.74, 6) is -21.5. The zero-order valence-electron chi connectivity index (χ0n) is 75.7. The van der Waals surface area contributed by atoms with Gasteiger partial charge in [0.05, 0.1) is 43.3 Å². The number of fused-ring (bicyclic) bond motifs is 4. The fraction of sp³-hybridized carbons (Fsp3) is 0.506. The van der Waals surface area contributed by atoms with Crippen LogP contribution in [-0.2, 0) is 117 Å². The quantitative estimate of drug-likeness (QED) is 0.0245. The Hall–Kier alpha value is -14.1. The normalized spacial score (nSPS) is 24.7. The van der Waals surface area contributed by atoms with Gasteiger partial charge in [-0.15, -0.1) is 11.8 Å². The summed E-state index contributed by atoms with van der Waals surface area (Å²) < 4.78 is 0. The maximum absolute atomic E-state index is 15.8. The van der Waals surface area contributed by atoms with Gasteiger partial charge in [0.25, 0.3) is 0 Å². The number of carboxylic acids is 1. The summed E-state index contributed by atoms with van der Waals surface area (Å²) >= 11 is 0.695. The molecule has 6 heterocycles. The van der Waals surface area contributed by atoms with Crippen molar-refractivity contribution in [2.75, 3.05) is 58.9 Å². The van der Waals surface area contributed by atoms with Crippen molar-refractivity contribution in [3.63, 3.8) is 0 Å². The number of phenols is 1. The lowest BCUT2D eigenvalue weighted by atomic mass is 9.99. The molecule has 3 aromatic heterocycles. The summed E-state index contributed by atoms with van der Waals surface area (Å²) in [6, 6.07) is -4.04. The van der Waals surface area contributed by atoms with Gasteiger partial charge in [-0.1, -0.05) is 88.1 Å². The Morgan fingerprint density at radius 3 is 1.60 bits per heavy atom. The van der Waals surface area contributed by atoms with Crippen LogP contribution in [0.2, 0.25) is 0 Å². The number of para-hydroxylation sites is 2. The van der Waals surface area contributed by atoms with E-state index in [1.165, 1.54) is 64.9 Å². The Labute approximate surface area is 780 Å². The zero-order chi connectivity index (χ0) is 98.6. The number of hydrogen-bond donors (Lipinski definition) is 20. The van der Waals surface area contributed by atoms with Crippen LogP contribution in [0.15, 0.2) is 97.7 Å². The number of thioether (sulfide) groups is 1. The lowest BCUT2D eigenvalue weighted by Crippen LogP contribution is -2.61. The third-order valence-corrected chi connectivity index (χ3v) is 24.9. The molecule has 9 rings (SSSR count). The highest BCUT2D eigenvalue weighted by Gasteiger charge is 2.47. The number of carbonyl (C=O) groups excluding carboxylic acids is 18. The average Bonchev–Trinajstić information content (AvgIpc) is 1.76. The largest absolute Gasteiger partial charge is 0.508 e. The Bertz CT molecular complexity index is 5280. The molecule has 23 N–H and O–H groups in total. The van der Waals surface area contributed by atoms with Crippen LogP contribution in [0.25, 0.3) is 21.8 Å². The summed E-state index contributed by atoms with van der Waals surface area (Å²) in [7, 11) is 3.76. The van der Waals surface area contributed by atoms with Gasteiger partial charge in [-0.05, 0) is 86.4 Å². The fourth-order valence-corrected chi connectivity index (χ4v) is 17.3. The second-order valence-corrected chi connectivity index (χ2v) is 34.8. The van der Waals surface area contributed by atoms with Crippen LogP contribution in [0.4, 0.5) is 0 Å². The van der Waals surface area contributed by atoms with Crippen molar-refractivity contribution in [1.29, 1.82) is 0 Å². The number of H-pyrrole nitrogens is 3. The average molecular weight is 1900 g/mol. The number of likely N-dealkylation sites (N-methyl/N-ethyl adjacent to an activating group) is 3. The number of amides is 18. The molecule has 3 fully saturated rings. The number of carboxylic acid groups (broad SMARTS) is 1. The number of aromatic nitrogens is 4. The number of aliphatic hydroxyl groups is 2. The van der Waals surface area contributed by atoms with Crippen LogP contribution >= 0.6 is 11.8 Å². The van der Waals surface area contributed by atoms with E-state index in [1.54, 1.807) is 67.8 Å². The predicted octanol–water partition coefficient (Wildman–Crippen LogP) is -4.11. The number of nitrogens with two attached hydrogens (primary N) is 3. The van der Waals surface area contributed by atoms with Crippen molar-refractivity contribution in [1.82, 2.24) is 97.6 Å². The number of nitrogens with zero attached hydrogens (tertiary/aromatic N) is 6. The number of aliphatic carboxylic acids is 1. The van der Waals surface area contributed by atoms with E-state index in [-0.39, 0.29) is 75.8 Å². The Morgan fingerprint density at radius 2 is 1.02 bits per heavy atom. The summed E-state index contributed by atoms with van der Waals surface area (Å²) in [4.78, 5) is 293. The number of imidazole rings is 1. The second-order valence-electron chi connectivity index (χ2n) is 33.8. The number of unbranched alkanes of at least 4 members (excludes halogenated alkanes) is 2. The number of aromatic amines is 3. The molecule has 730 valence electrons. The highest BCUT2D eigenvalue weighted by Crippen LogP contribution is 2.28. The van der Waals surface area contributed by atoms with Gasteiger partial charge >= 0.3 is 5.97 Å². The number of aliphatic hydroxyl groups excluding tert-OH is 2. The number of aromatic hydroxyl groups is 1. The summed E-state index contributed by atoms with van der Waals surface area (Å²) in [5, 5.41) is 69.1. The fourth-order valence-electron chi connectivity index (χ4n) is 16.4. The monoisotopic (exact) mass is 1900 g/mol. The molecule has 3 saturated heterocycles. The highest BCUT2D eigenvalue weighted by atomic mass is 32.2. The Balaban J connectivity index is 1.11. The third kappa shape index (κ3) is 29.0. The minimum atomic E-state index is -1.97. The Morgan fingerprint density at radius 1 is 0.519 bits per heavy atom. The molecule has 0 saturated carbocycles. The second kappa shape index (κ2) is 49.6. The van der Waals surface area contributed by atoms with E-state index < -0.39 is 279 Å². The topological polar surface area (TPSA) is 680 Å². The predicted molar refractivity (Wildman–Crippen MR) is 486 cm³/mol. The standard InChI is InChI=1S/C89H120N22O23S/c1-7-9-20-67-82(127)100-58(27-28-75(119)120)78(123)106-66(77(122)96-42-73(92)117)44-135-45-74(118)98-62(32-48-23-25-52(113)26-24-48)85(130)107(4)47(3)76(121)103-64(37-71(90)115)87(132)110-30-15-22-68(110)83(128)102-61(35-51-41-93-46-97-51)81(126)105-65(38-72(91)116)88(133)111-43-53(114)36-70(111)84(129)101-60(33-49-39-94-56-18-13-11-16-54(49)56)80(125)99-59(29-31-112)79(124)104-63(34-50-40-95-57-19-14-12-17-55(50)57)86(131)109(6)69(21-10-8-2)89(134)108(67)5/h11-14,16-19,23-26,39-41,46-47,53,58-70,94-95,112-114H,7-10,15,20-22,27-38,42-45H2,1-6H3,(H2,90,115)(H2,91,116)(H2,92,117)(H,93,97)(H,96,122)(H,98,118)(H,99,125)(H,100,127)(H,101,129)(H,102,128)(H,103,121)(H,104,124)(H,105,126)(H,106,123)(H,119,120)/t47-,53+,58-,59-,60-,61-,62-,63-,64-,65-,66?,67-,68-,69-,70-/m0/s1. The molecular formula is C89H120N22O23S. The molecule has 0 radical (unpaired) electrons. The molecule has 0 aliphatic carbocycles. The van der Waals surface area contributed by atoms with E-state index in [4.69, 9.17) is 17.2 Å². The van der Waals surface area contributed by atoms with Gasteiger partial charge in [-0.25, -0.2) is 4.98 Å². The van der Waals surface area contributed by atoms with Crippen LogP contribution in [0.1, 0.15) is 133 Å². The van der Waals surface area contributed by atoms with Crippen molar-refractivity contribution in [2.24, 2.45) is 17.2 Å². The van der Waals surface area contributed by atoms with Crippen molar-refractivity contribution in [2.45, 2.75) is 227 Å². The van der Waals surface area contributed by atoms with E-state index in [1.807, 2.05) is 6.92 Å². The summed E-state index contributed by atoms with van der Waals surface area (Å²) in [5.41, 5.74) is 19.5. The number of nitrogens with one attached hydrogen (secondary N) is 13. The van der Waals surface area contributed by atoms with Crippen molar-refractivity contribution in [3.8, 4) is 5.75 Å². The number of benzene rings is 3. The summed E-state index contributed by atoms with van der Waals surface area (Å²) in [6.45, 7) is 2.48. The molecule has 0 bridgehead atoms. The van der Waals surface area contributed by atoms with Crippen LogP contribution in [0.3, 0.4) is 0 Å². The molecule has 3 aliphatic heterocycles. The van der Waals surface area contributed by atoms with Crippen molar-refractivity contribution < 1.29 is 112 Å². The molecular weight excluding hydrogens is 1780 g/mol. The number of rotatable bonds is 26. The van der Waals surface area contributed by atoms with Crippen LogP contribution in [-0.4, -0.2) is 327 Å². The van der Waals surface area contributed by atoms with Gasteiger partial charge in [0.1, 0.15) is 90.3 Å². The SMILES string of the molecule is CCCC[C@H]1C(=O)N(C)[C@@H](CCCC)C(=O)N[C@@H](CCC(=O)O)C(=O)NC(C(=O)NCC(N)=O)CSCC(=O)N[C@@H](Cc2ccc(O)cc2)C(=O)N(C)[C@@H](C)C(=O)N[C@@H](CC(N)=O)C(=O)N2CCC[C@H]2C(=O)N[C@@H](Cc2c[nH]cn2)C(=O)N[C@@H](CC(N)=O)C(=O)N2C[C@H](O)C[C@H]2C(=O)N[C@@H](Cc2c[nH]c3ccccc23)C(=O)N[C@@H](CCO)C(=O)N[C@@H](Cc2c[nH]c3ccccc23)C(=O)N1C. The van der Waals surface area contributed by atoms with E-state index >= 15 is 33.6 Å². The van der Waals surface area contributed by atoms with Gasteiger partial charge in [-0.2, -0.15) is 0 Å². The van der Waals surface area contributed by atoms with Gasteiger partial charge in [-0.3, -0.25) is 91.1 Å². The minimum absolute atomic E-state index is 0.0561. The van der Waals surface area contributed by atoms with Crippen molar-refractivity contribution >= 4 is 146 Å². The Kier molecular flexibility index (Phi) is 38.5. The maximum Gasteiger partial charge on any atom is 0.303 e. The molecule has 0 spiro atoms. The molecule has 1 unspecified atom stereocenters. The molecule has 3 aliphatic rings.